The van der Waals surface area contributed by atoms with E-state index in [4.69, 9.17) is 4.74 Å². The number of halogens is 1. The predicted molar refractivity (Wildman–Crippen MR) is 118 cm³/mol. The number of phenols is 1. The summed E-state index contributed by atoms with van der Waals surface area (Å²) >= 11 is 0. The molecular formula is C24H27FN2O5. The number of amides is 1. The summed E-state index contributed by atoms with van der Waals surface area (Å²) in [6.45, 7) is 6.14. The number of aromatic hydroxyl groups is 1. The monoisotopic (exact) mass is 442 g/mol. The lowest BCUT2D eigenvalue weighted by Gasteiger charge is -2.28. The number of nitrogens with zero attached hydrogens (tertiary/aromatic N) is 2. The number of benzene rings is 2. The van der Waals surface area contributed by atoms with Crippen LogP contribution >= 0.6 is 0 Å². The van der Waals surface area contributed by atoms with E-state index in [1.54, 1.807) is 6.07 Å². The van der Waals surface area contributed by atoms with Crippen molar-refractivity contribution in [2.24, 2.45) is 0 Å². The molecule has 1 unspecified atom stereocenters. The number of ketones is 1. The number of carbonyl (C=O) groups is 2. The average Bonchev–Trinajstić information content (AvgIpc) is 3.04. The molecule has 1 amide bonds. The normalized spacial score (nSPS) is 17.9. The number of carbonyl (C=O) groups excluding carboxylic acids is 2. The molecule has 1 heterocycles. The van der Waals surface area contributed by atoms with Gasteiger partial charge in [-0.15, -0.1) is 0 Å². The molecule has 7 nitrogen and oxygen atoms in total. The summed E-state index contributed by atoms with van der Waals surface area (Å²) in [5, 5.41) is 21.4. The summed E-state index contributed by atoms with van der Waals surface area (Å²) in [6, 6.07) is 8.89. The zero-order valence-electron chi connectivity index (χ0n) is 18.3. The van der Waals surface area contributed by atoms with Crippen molar-refractivity contribution in [2.75, 3.05) is 33.3 Å². The molecule has 3 rings (SSSR count). The van der Waals surface area contributed by atoms with Crippen LogP contribution in [0.15, 0.2) is 48.0 Å². The first-order chi connectivity index (χ1) is 15.3. The van der Waals surface area contributed by atoms with Crippen LogP contribution in [0.2, 0.25) is 0 Å². The van der Waals surface area contributed by atoms with Crippen molar-refractivity contribution < 1.29 is 28.9 Å². The van der Waals surface area contributed by atoms with E-state index in [1.165, 1.54) is 48.4 Å². The number of likely N-dealkylation sites (N-methyl/N-ethyl adjacent to an activating group) is 1. The van der Waals surface area contributed by atoms with Crippen LogP contribution in [0.1, 0.15) is 31.0 Å². The highest BCUT2D eigenvalue weighted by molar-refractivity contribution is 6.46. The zero-order chi connectivity index (χ0) is 23.4. The zero-order valence-corrected chi connectivity index (χ0v) is 18.3. The summed E-state index contributed by atoms with van der Waals surface area (Å²) < 4.78 is 19.8. The Morgan fingerprint density at radius 1 is 1.16 bits per heavy atom. The fourth-order valence-corrected chi connectivity index (χ4v) is 3.90. The number of ether oxygens (including phenoxy) is 1. The number of aliphatic hydroxyl groups excluding tert-OH is 1. The molecule has 1 fully saturated rings. The first kappa shape index (κ1) is 23.3. The first-order valence-electron chi connectivity index (χ1n) is 10.5. The van der Waals surface area contributed by atoms with E-state index in [0.29, 0.717) is 12.3 Å². The molecular weight excluding hydrogens is 415 g/mol. The molecule has 2 aromatic carbocycles. The van der Waals surface area contributed by atoms with E-state index in [0.717, 1.165) is 13.1 Å². The van der Waals surface area contributed by atoms with Gasteiger partial charge in [0.1, 0.15) is 23.1 Å². The number of Topliss-reactive ketones (excluding diaryl/α,β-unsaturated/α-hetero) is 1. The van der Waals surface area contributed by atoms with Gasteiger partial charge in [-0.25, -0.2) is 4.39 Å². The number of hydrogen-bond donors (Lipinski definition) is 2. The Morgan fingerprint density at radius 2 is 1.84 bits per heavy atom. The Bertz CT molecular complexity index is 1050. The van der Waals surface area contributed by atoms with E-state index >= 15 is 0 Å². The number of phenolic OH excluding ortho intramolecular Hbond substituents is 1. The van der Waals surface area contributed by atoms with Gasteiger partial charge in [0.25, 0.3) is 11.7 Å². The lowest BCUT2D eigenvalue weighted by atomic mass is 9.94. The minimum Gasteiger partial charge on any atom is -0.507 e. The van der Waals surface area contributed by atoms with Crippen molar-refractivity contribution in [1.82, 2.24) is 9.80 Å². The first-order valence-corrected chi connectivity index (χ1v) is 10.5. The van der Waals surface area contributed by atoms with Crippen LogP contribution in [0, 0.1) is 5.82 Å². The quantitative estimate of drug-likeness (QED) is 0.370. The van der Waals surface area contributed by atoms with Gasteiger partial charge in [-0.2, -0.15) is 0 Å². The largest absolute Gasteiger partial charge is 0.507 e. The predicted octanol–water partition coefficient (Wildman–Crippen LogP) is 3.30. The second-order valence-electron chi connectivity index (χ2n) is 7.42. The molecule has 1 aliphatic rings. The summed E-state index contributed by atoms with van der Waals surface area (Å²) in [7, 11) is 1.42. The van der Waals surface area contributed by atoms with Gasteiger partial charge in [0, 0.05) is 24.7 Å². The van der Waals surface area contributed by atoms with Gasteiger partial charge in [-0.1, -0.05) is 32.0 Å². The van der Waals surface area contributed by atoms with Gasteiger partial charge >= 0.3 is 0 Å². The summed E-state index contributed by atoms with van der Waals surface area (Å²) in [6.07, 6.45) is 0. The third kappa shape index (κ3) is 4.31. The molecule has 1 atom stereocenters. The van der Waals surface area contributed by atoms with Crippen molar-refractivity contribution in [2.45, 2.75) is 19.9 Å². The van der Waals surface area contributed by atoms with E-state index in [-0.39, 0.29) is 29.0 Å². The molecule has 1 saturated heterocycles. The lowest BCUT2D eigenvalue weighted by Crippen LogP contribution is -2.38. The van der Waals surface area contributed by atoms with Crippen LogP contribution in [-0.2, 0) is 9.59 Å². The highest BCUT2D eigenvalue weighted by Crippen LogP contribution is 2.41. The number of methoxy groups -OCH3 is 1. The minimum absolute atomic E-state index is 0.0473. The van der Waals surface area contributed by atoms with Crippen LogP contribution < -0.4 is 4.74 Å². The van der Waals surface area contributed by atoms with Gasteiger partial charge in [-0.3, -0.25) is 9.59 Å². The Balaban J connectivity index is 2.14. The molecule has 32 heavy (non-hydrogen) atoms. The van der Waals surface area contributed by atoms with Crippen LogP contribution in [-0.4, -0.2) is 65.0 Å². The third-order valence-electron chi connectivity index (χ3n) is 5.75. The SMILES string of the molecule is CCN(CC)CCN1C(=O)C(=O)/C(=C(/O)c2ccc(OC)cc2O)C1c1ccccc1F. The fourth-order valence-electron chi connectivity index (χ4n) is 3.90. The maximum absolute atomic E-state index is 14.8. The van der Waals surface area contributed by atoms with Crippen LogP contribution in [0.3, 0.4) is 0 Å². The van der Waals surface area contributed by atoms with Crippen molar-refractivity contribution in [3.05, 3.63) is 65.0 Å². The summed E-state index contributed by atoms with van der Waals surface area (Å²) in [4.78, 5) is 29.3. The van der Waals surface area contributed by atoms with Crippen molar-refractivity contribution in [1.29, 1.82) is 0 Å². The second-order valence-corrected chi connectivity index (χ2v) is 7.42. The number of aliphatic hydroxyl groups is 1. The van der Waals surface area contributed by atoms with Crippen molar-refractivity contribution >= 4 is 17.4 Å². The maximum Gasteiger partial charge on any atom is 0.295 e. The smallest absolute Gasteiger partial charge is 0.295 e. The average molecular weight is 442 g/mol. The molecule has 170 valence electrons. The highest BCUT2D eigenvalue weighted by atomic mass is 19.1. The highest BCUT2D eigenvalue weighted by Gasteiger charge is 2.47. The molecule has 2 aromatic rings. The topological polar surface area (TPSA) is 90.3 Å². The lowest BCUT2D eigenvalue weighted by molar-refractivity contribution is -0.140. The van der Waals surface area contributed by atoms with E-state index in [1.807, 2.05) is 13.8 Å². The van der Waals surface area contributed by atoms with Crippen molar-refractivity contribution in [3.63, 3.8) is 0 Å². The van der Waals surface area contributed by atoms with Crippen LogP contribution in [0.4, 0.5) is 4.39 Å². The van der Waals surface area contributed by atoms with Crippen molar-refractivity contribution in [3.8, 4) is 11.5 Å². The van der Waals surface area contributed by atoms with Crippen LogP contribution in [0.5, 0.6) is 11.5 Å². The summed E-state index contributed by atoms with van der Waals surface area (Å²) in [5.74, 6) is -2.89. The number of likely N-dealkylation sites (tertiary alicyclic amines) is 1. The number of rotatable bonds is 8. The number of hydrogen-bond acceptors (Lipinski definition) is 6. The Hall–Kier alpha value is -3.39. The van der Waals surface area contributed by atoms with E-state index < -0.39 is 29.3 Å². The van der Waals surface area contributed by atoms with E-state index in [9.17, 15) is 24.2 Å². The van der Waals surface area contributed by atoms with E-state index in [2.05, 4.69) is 4.90 Å². The Morgan fingerprint density at radius 3 is 2.44 bits per heavy atom. The van der Waals surface area contributed by atoms with Gasteiger partial charge in [0.05, 0.1) is 24.3 Å². The fraction of sp³-hybridized carbons (Fsp3) is 0.333. The standard InChI is InChI=1S/C24H27FN2O5/c1-4-26(5-2)12-13-27-21(16-8-6-7-9-18(16)25)20(23(30)24(27)31)22(29)17-11-10-15(32-3)14-19(17)28/h6-11,14,21,28-29H,4-5,12-13H2,1-3H3/b22-20+. The van der Waals surface area contributed by atoms with Gasteiger partial charge in [0.15, 0.2) is 0 Å². The van der Waals surface area contributed by atoms with Crippen LogP contribution in [0.25, 0.3) is 5.76 Å². The molecule has 1 aliphatic heterocycles. The molecule has 0 bridgehead atoms. The Labute approximate surface area is 186 Å². The van der Waals surface area contributed by atoms with Gasteiger partial charge < -0.3 is 24.7 Å². The molecule has 0 aliphatic carbocycles. The Kier molecular flexibility index (Phi) is 7.15. The molecule has 0 radical (unpaired) electrons. The summed E-state index contributed by atoms with van der Waals surface area (Å²) in [5.41, 5.74) is -0.213. The molecule has 8 heteroatoms. The maximum atomic E-state index is 14.8. The van der Waals surface area contributed by atoms with Gasteiger partial charge in [0.2, 0.25) is 0 Å². The second kappa shape index (κ2) is 9.82. The molecule has 2 N–H and O–H groups in total. The van der Waals surface area contributed by atoms with Gasteiger partial charge in [-0.05, 0) is 31.3 Å². The molecule has 0 spiro atoms. The third-order valence-corrected chi connectivity index (χ3v) is 5.75. The minimum atomic E-state index is -1.12. The molecule has 0 aromatic heterocycles. The molecule has 0 saturated carbocycles.